The van der Waals surface area contributed by atoms with Crippen molar-refractivity contribution in [2.45, 2.75) is 12.8 Å². The molecule has 0 saturated carbocycles. The van der Waals surface area contributed by atoms with Crippen LogP contribution in [0.4, 0.5) is 5.69 Å². The maximum atomic E-state index is 11.4. The number of furan rings is 1. The Balaban J connectivity index is 2.00. The van der Waals surface area contributed by atoms with Crippen molar-refractivity contribution in [3.63, 3.8) is 0 Å². The van der Waals surface area contributed by atoms with E-state index >= 15 is 0 Å². The number of nitrogens with one attached hydrogen (secondary N) is 2. The van der Waals surface area contributed by atoms with Crippen LogP contribution in [0, 0.1) is 0 Å². The largest absolute Gasteiger partial charge is 0.462 e. The Hall–Kier alpha value is -1.95. The molecule has 6 heteroatoms. The molecule has 0 fully saturated rings. The molecule has 1 aliphatic rings. The van der Waals surface area contributed by atoms with E-state index in [9.17, 15) is 8.42 Å². The van der Waals surface area contributed by atoms with Crippen molar-refractivity contribution in [2.24, 2.45) is 0 Å². The average Bonchev–Trinajstić information content (AvgIpc) is 3.01. The minimum absolute atomic E-state index is 0.476. The number of rotatable bonds is 4. The van der Waals surface area contributed by atoms with Gasteiger partial charge in [0, 0.05) is 24.0 Å². The van der Waals surface area contributed by atoms with Crippen molar-refractivity contribution in [3.8, 4) is 0 Å². The van der Waals surface area contributed by atoms with Gasteiger partial charge in [-0.3, -0.25) is 4.72 Å². The summed E-state index contributed by atoms with van der Waals surface area (Å²) >= 11 is 0. The van der Waals surface area contributed by atoms with Gasteiger partial charge in [-0.25, -0.2) is 8.42 Å². The van der Waals surface area contributed by atoms with Crippen molar-refractivity contribution >= 4 is 26.7 Å². The first-order valence-electron chi connectivity index (χ1n) is 6.43. The van der Waals surface area contributed by atoms with E-state index < -0.39 is 10.0 Å². The average molecular weight is 292 g/mol. The maximum Gasteiger partial charge on any atom is 0.229 e. The lowest BCUT2D eigenvalue weighted by Gasteiger charge is -2.09. The number of anilines is 1. The Morgan fingerprint density at radius 1 is 1.35 bits per heavy atom. The van der Waals surface area contributed by atoms with Crippen LogP contribution in [0.5, 0.6) is 0 Å². The zero-order valence-electron chi connectivity index (χ0n) is 11.1. The van der Waals surface area contributed by atoms with Crippen LogP contribution in [-0.2, 0) is 16.4 Å². The summed E-state index contributed by atoms with van der Waals surface area (Å²) < 4.78 is 30.6. The summed E-state index contributed by atoms with van der Waals surface area (Å²) in [7, 11) is -3.32. The fourth-order valence-corrected chi connectivity index (χ4v) is 3.01. The van der Waals surface area contributed by atoms with Gasteiger partial charge in [0.2, 0.25) is 10.0 Å². The monoisotopic (exact) mass is 292 g/mol. The smallest absolute Gasteiger partial charge is 0.229 e. The molecule has 0 saturated heterocycles. The fourth-order valence-electron chi connectivity index (χ4n) is 2.45. The molecule has 0 unspecified atom stereocenters. The third-order valence-electron chi connectivity index (χ3n) is 3.27. The van der Waals surface area contributed by atoms with Crippen LogP contribution in [0.15, 0.2) is 40.7 Å². The van der Waals surface area contributed by atoms with Crippen LogP contribution in [-0.4, -0.2) is 21.2 Å². The van der Waals surface area contributed by atoms with Crippen molar-refractivity contribution in [1.82, 2.24) is 5.32 Å². The molecule has 0 radical (unpaired) electrons. The Morgan fingerprint density at radius 3 is 2.90 bits per heavy atom. The molecule has 1 aromatic carbocycles. The van der Waals surface area contributed by atoms with E-state index in [-0.39, 0.29) is 0 Å². The quantitative estimate of drug-likeness (QED) is 0.906. The molecule has 5 nitrogen and oxygen atoms in total. The summed E-state index contributed by atoms with van der Waals surface area (Å²) in [6.07, 6.45) is 6.75. The summed E-state index contributed by atoms with van der Waals surface area (Å²) in [5.74, 6) is 0. The topological polar surface area (TPSA) is 71.3 Å². The third kappa shape index (κ3) is 2.65. The molecule has 1 aromatic heterocycles. The van der Waals surface area contributed by atoms with Gasteiger partial charge in [0.25, 0.3) is 0 Å². The number of benzene rings is 1. The van der Waals surface area contributed by atoms with Gasteiger partial charge in [-0.1, -0.05) is 12.1 Å². The van der Waals surface area contributed by atoms with Gasteiger partial charge in [-0.2, -0.15) is 0 Å². The zero-order chi connectivity index (χ0) is 14.2. The highest BCUT2D eigenvalue weighted by atomic mass is 32.2. The summed E-state index contributed by atoms with van der Waals surface area (Å²) in [6.45, 7) is 0.984. The molecule has 0 spiro atoms. The molecular weight excluding hydrogens is 276 g/mol. The molecule has 2 heterocycles. The number of fused-ring (bicyclic) bond motifs is 1. The highest BCUT2D eigenvalue weighted by Gasteiger charge is 2.13. The van der Waals surface area contributed by atoms with Crippen LogP contribution >= 0.6 is 0 Å². The lowest BCUT2D eigenvalue weighted by Crippen LogP contribution is -2.11. The van der Waals surface area contributed by atoms with E-state index in [1.54, 1.807) is 12.3 Å². The predicted molar refractivity (Wildman–Crippen MR) is 79.1 cm³/mol. The van der Waals surface area contributed by atoms with Gasteiger partial charge in [-0.15, -0.1) is 0 Å². The second kappa shape index (κ2) is 4.86. The first-order chi connectivity index (χ1) is 9.53. The fraction of sp³-hybridized carbons (Fsp3) is 0.286. The Morgan fingerprint density at radius 2 is 2.20 bits per heavy atom. The second-order valence-corrected chi connectivity index (χ2v) is 6.68. The SMILES string of the molecule is CS(=O)(=O)Nc1ccc(CC2=CCCN2)c2ccoc12. The van der Waals surface area contributed by atoms with Crippen molar-refractivity contribution in [3.05, 3.63) is 41.8 Å². The highest BCUT2D eigenvalue weighted by molar-refractivity contribution is 7.92. The van der Waals surface area contributed by atoms with E-state index in [1.165, 1.54) is 5.70 Å². The third-order valence-corrected chi connectivity index (χ3v) is 3.86. The van der Waals surface area contributed by atoms with E-state index in [2.05, 4.69) is 16.1 Å². The van der Waals surface area contributed by atoms with Gasteiger partial charge in [0.15, 0.2) is 5.58 Å². The molecule has 0 aliphatic carbocycles. The molecule has 20 heavy (non-hydrogen) atoms. The molecule has 0 bridgehead atoms. The number of hydrogen-bond acceptors (Lipinski definition) is 4. The van der Waals surface area contributed by atoms with E-state index in [0.29, 0.717) is 11.3 Å². The van der Waals surface area contributed by atoms with Gasteiger partial charge in [0.05, 0.1) is 18.2 Å². The minimum atomic E-state index is -3.32. The van der Waals surface area contributed by atoms with Gasteiger partial charge in [0.1, 0.15) is 0 Å². The summed E-state index contributed by atoms with van der Waals surface area (Å²) in [5, 5.41) is 4.27. The summed E-state index contributed by atoms with van der Waals surface area (Å²) in [4.78, 5) is 0. The molecule has 2 aromatic rings. The highest BCUT2D eigenvalue weighted by Crippen LogP contribution is 2.29. The minimum Gasteiger partial charge on any atom is -0.462 e. The predicted octanol–water partition coefficient (Wildman–Crippen LogP) is 2.22. The van der Waals surface area contributed by atoms with Crippen LogP contribution in [0.1, 0.15) is 12.0 Å². The molecule has 0 amide bonds. The molecule has 0 atom stereocenters. The van der Waals surface area contributed by atoms with Gasteiger partial charge < -0.3 is 9.73 Å². The first-order valence-corrected chi connectivity index (χ1v) is 8.32. The molecule has 3 rings (SSSR count). The maximum absolute atomic E-state index is 11.4. The Kier molecular flexibility index (Phi) is 3.17. The van der Waals surface area contributed by atoms with Crippen molar-refractivity contribution < 1.29 is 12.8 Å². The van der Waals surface area contributed by atoms with Gasteiger partial charge >= 0.3 is 0 Å². The number of allylic oxidation sites excluding steroid dienone is 1. The zero-order valence-corrected chi connectivity index (χ0v) is 12.0. The van der Waals surface area contributed by atoms with Gasteiger partial charge in [-0.05, 0) is 24.1 Å². The van der Waals surface area contributed by atoms with E-state index in [1.807, 2.05) is 12.1 Å². The van der Waals surface area contributed by atoms with Crippen LogP contribution in [0.25, 0.3) is 11.0 Å². The van der Waals surface area contributed by atoms with Crippen molar-refractivity contribution in [2.75, 3.05) is 17.5 Å². The second-order valence-electron chi connectivity index (χ2n) is 4.93. The van der Waals surface area contributed by atoms with Crippen molar-refractivity contribution in [1.29, 1.82) is 0 Å². The van der Waals surface area contributed by atoms with Crippen LogP contribution in [0.3, 0.4) is 0 Å². The molecule has 2 N–H and O–H groups in total. The first kappa shape index (κ1) is 13.1. The Bertz CT molecular complexity index is 775. The van der Waals surface area contributed by atoms with Crippen LogP contribution < -0.4 is 10.0 Å². The standard InChI is InChI=1S/C14H16N2O3S/c1-20(17,18)16-13-5-4-10(9-11-3-2-7-15-11)12-6-8-19-14(12)13/h3-6,8,15-16H,2,7,9H2,1H3. The normalized spacial score (nSPS) is 15.2. The lowest BCUT2D eigenvalue weighted by atomic mass is 10.0. The number of sulfonamides is 1. The van der Waals surface area contributed by atoms with E-state index in [4.69, 9.17) is 4.42 Å². The van der Waals surface area contributed by atoms with E-state index in [0.717, 1.165) is 36.6 Å². The molecular formula is C14H16N2O3S. The molecule has 106 valence electrons. The van der Waals surface area contributed by atoms with Crippen LogP contribution in [0.2, 0.25) is 0 Å². The Labute approximate surface area is 117 Å². The summed E-state index contributed by atoms with van der Waals surface area (Å²) in [5.41, 5.74) is 3.38. The number of hydrogen-bond donors (Lipinski definition) is 2. The lowest BCUT2D eigenvalue weighted by molar-refractivity contribution is 0.604. The summed E-state index contributed by atoms with van der Waals surface area (Å²) in [6, 6.07) is 5.55. The molecule has 1 aliphatic heterocycles.